The molecule has 0 atom stereocenters. The third kappa shape index (κ3) is 3.86. The molecule has 2 nitrogen and oxygen atoms in total. The maximum atomic E-state index is 6.22. The van der Waals surface area contributed by atoms with E-state index in [9.17, 15) is 0 Å². The molecule has 0 aliphatic carbocycles. The van der Waals surface area contributed by atoms with Crippen LogP contribution in [-0.4, -0.2) is 0 Å². The lowest BCUT2D eigenvalue weighted by Crippen LogP contribution is -2.09. The minimum atomic E-state index is 0.914. The van der Waals surface area contributed by atoms with Gasteiger partial charge in [-0.2, -0.15) is 0 Å². The van der Waals surface area contributed by atoms with Crippen molar-refractivity contribution in [2.75, 3.05) is 4.90 Å². The quantitative estimate of drug-likeness (QED) is 0.210. The summed E-state index contributed by atoms with van der Waals surface area (Å²) in [6.07, 6.45) is 0. The molecule has 0 unspecified atom stereocenters. The first-order valence-electron chi connectivity index (χ1n) is 14.5. The molecule has 0 radical (unpaired) electrons. The van der Waals surface area contributed by atoms with E-state index in [0.29, 0.717) is 0 Å². The molecule has 202 valence electrons. The second-order valence-corrected chi connectivity index (χ2v) is 12.0. The summed E-state index contributed by atoms with van der Waals surface area (Å²) in [6, 6.07) is 54.2. The summed E-state index contributed by atoms with van der Waals surface area (Å²) in [4.78, 5) is 2.34. The number of hydrogen-bond acceptors (Lipinski definition) is 3. The Morgan fingerprint density at radius 1 is 0.465 bits per heavy atom. The molecule has 0 aliphatic rings. The van der Waals surface area contributed by atoms with Crippen molar-refractivity contribution in [3.63, 3.8) is 0 Å². The van der Waals surface area contributed by atoms with Gasteiger partial charge in [-0.05, 0) is 76.5 Å². The largest absolute Gasteiger partial charge is 0.456 e. The molecule has 0 saturated carbocycles. The highest BCUT2D eigenvalue weighted by Crippen LogP contribution is 2.42. The number of rotatable bonds is 4. The molecular formula is C40H25NOS. The topological polar surface area (TPSA) is 16.4 Å². The fourth-order valence-electron chi connectivity index (χ4n) is 6.46. The minimum Gasteiger partial charge on any atom is -0.456 e. The fourth-order valence-corrected chi connectivity index (χ4v) is 7.70. The van der Waals surface area contributed by atoms with E-state index in [2.05, 4.69) is 144 Å². The average molecular weight is 568 g/mol. The smallest absolute Gasteiger partial charge is 0.136 e. The van der Waals surface area contributed by atoms with Crippen LogP contribution < -0.4 is 4.90 Å². The zero-order chi connectivity index (χ0) is 28.3. The van der Waals surface area contributed by atoms with Gasteiger partial charge in [0.15, 0.2) is 0 Å². The van der Waals surface area contributed by atoms with E-state index in [-0.39, 0.29) is 0 Å². The summed E-state index contributed by atoms with van der Waals surface area (Å²) >= 11 is 1.87. The molecule has 2 aromatic heterocycles. The van der Waals surface area contributed by atoms with Gasteiger partial charge >= 0.3 is 0 Å². The van der Waals surface area contributed by atoms with Crippen molar-refractivity contribution < 1.29 is 4.42 Å². The van der Waals surface area contributed by atoms with Crippen molar-refractivity contribution in [3.05, 3.63) is 152 Å². The van der Waals surface area contributed by atoms with E-state index in [1.165, 1.54) is 42.1 Å². The van der Waals surface area contributed by atoms with E-state index >= 15 is 0 Å². The molecule has 0 spiro atoms. The third-order valence-electron chi connectivity index (χ3n) is 8.46. The predicted molar refractivity (Wildman–Crippen MR) is 184 cm³/mol. The SMILES string of the molecule is c1ccc(N(c2ccc(-c3cccc4c3sc3ccccc34)cc2)c2ccc3ccc4oc5ccccc5c4c3c2)cc1. The number of benzene rings is 7. The Morgan fingerprint density at radius 3 is 2.05 bits per heavy atom. The van der Waals surface area contributed by atoms with E-state index in [1.807, 2.05) is 23.5 Å². The number of nitrogens with zero attached hydrogens (tertiary/aromatic N) is 1. The van der Waals surface area contributed by atoms with Crippen molar-refractivity contribution in [1.29, 1.82) is 0 Å². The lowest BCUT2D eigenvalue weighted by Gasteiger charge is -2.26. The Bertz CT molecular complexity index is 2450. The lowest BCUT2D eigenvalue weighted by molar-refractivity contribution is 0.669. The molecule has 0 N–H and O–H groups in total. The Balaban J connectivity index is 1.20. The maximum absolute atomic E-state index is 6.22. The van der Waals surface area contributed by atoms with Gasteiger partial charge in [-0.1, -0.05) is 97.1 Å². The molecule has 7 aromatic carbocycles. The summed E-state index contributed by atoms with van der Waals surface area (Å²) in [7, 11) is 0. The van der Waals surface area contributed by atoms with Gasteiger partial charge in [-0.15, -0.1) is 11.3 Å². The molecule has 0 saturated heterocycles. The van der Waals surface area contributed by atoms with Crippen LogP contribution >= 0.6 is 11.3 Å². The van der Waals surface area contributed by atoms with E-state index in [4.69, 9.17) is 4.42 Å². The van der Waals surface area contributed by atoms with Crippen LogP contribution in [0.15, 0.2) is 156 Å². The molecule has 2 heterocycles. The number of hydrogen-bond donors (Lipinski definition) is 0. The molecule has 43 heavy (non-hydrogen) atoms. The molecule has 0 bridgehead atoms. The summed E-state index contributed by atoms with van der Waals surface area (Å²) < 4.78 is 8.88. The third-order valence-corrected chi connectivity index (χ3v) is 9.68. The second-order valence-electron chi connectivity index (χ2n) is 10.9. The fraction of sp³-hybridized carbons (Fsp3) is 0. The second kappa shape index (κ2) is 9.59. The predicted octanol–water partition coefficient (Wildman–Crippen LogP) is 12.2. The number of thiophene rings is 1. The van der Waals surface area contributed by atoms with Crippen molar-refractivity contribution >= 4 is 81.3 Å². The Labute approximate surface area is 252 Å². The molecule has 0 fully saturated rings. The zero-order valence-corrected chi connectivity index (χ0v) is 24.0. The standard InChI is InChI=1S/C40H25NOS/c1-2-9-28(10-3-1)41(30-23-19-27-20-24-37-39(35(27)25-30)34-12-4-6-15-36(34)42-37)29-21-17-26(18-22-29)31-13-8-14-33-32-11-5-7-16-38(32)43-40(31)33/h1-25H. The van der Waals surface area contributed by atoms with Gasteiger partial charge in [0.05, 0.1) is 0 Å². The highest BCUT2D eigenvalue weighted by atomic mass is 32.1. The van der Waals surface area contributed by atoms with Crippen LogP contribution in [0, 0.1) is 0 Å². The van der Waals surface area contributed by atoms with Crippen molar-refractivity contribution in [2.45, 2.75) is 0 Å². The number of furan rings is 1. The summed E-state index contributed by atoms with van der Waals surface area (Å²) in [5, 5.41) is 7.34. The minimum absolute atomic E-state index is 0.914. The van der Waals surface area contributed by atoms with E-state index in [0.717, 1.165) is 39.0 Å². The van der Waals surface area contributed by atoms with E-state index in [1.54, 1.807) is 0 Å². The van der Waals surface area contributed by atoms with Gasteiger partial charge in [0.2, 0.25) is 0 Å². The van der Waals surface area contributed by atoms with Gasteiger partial charge in [0.25, 0.3) is 0 Å². The van der Waals surface area contributed by atoms with Crippen molar-refractivity contribution in [2.24, 2.45) is 0 Å². The molecule has 0 aliphatic heterocycles. The van der Waals surface area contributed by atoms with E-state index < -0.39 is 0 Å². The Morgan fingerprint density at radius 2 is 1.16 bits per heavy atom. The number of para-hydroxylation sites is 2. The highest BCUT2D eigenvalue weighted by Gasteiger charge is 2.17. The van der Waals surface area contributed by atoms with Crippen molar-refractivity contribution in [1.82, 2.24) is 0 Å². The van der Waals surface area contributed by atoms with Crippen LogP contribution in [0.1, 0.15) is 0 Å². The maximum Gasteiger partial charge on any atom is 0.136 e. The Hall–Kier alpha value is -5.38. The normalized spacial score (nSPS) is 11.7. The van der Waals surface area contributed by atoms with Gasteiger partial charge in [-0.25, -0.2) is 0 Å². The van der Waals surface area contributed by atoms with Crippen molar-refractivity contribution in [3.8, 4) is 11.1 Å². The molecule has 3 heteroatoms. The zero-order valence-electron chi connectivity index (χ0n) is 23.2. The first kappa shape index (κ1) is 24.2. The van der Waals surface area contributed by atoms with Gasteiger partial charge in [0, 0.05) is 48.0 Å². The Kier molecular flexibility index (Phi) is 5.40. The van der Waals surface area contributed by atoms with Gasteiger partial charge in [-0.3, -0.25) is 0 Å². The molecule has 0 amide bonds. The molecule has 9 rings (SSSR count). The number of anilines is 3. The van der Waals surface area contributed by atoms with Crippen LogP contribution in [0.4, 0.5) is 17.1 Å². The molecule has 9 aromatic rings. The monoisotopic (exact) mass is 567 g/mol. The average Bonchev–Trinajstić information content (AvgIpc) is 3.65. The highest BCUT2D eigenvalue weighted by molar-refractivity contribution is 7.26. The first-order chi connectivity index (χ1) is 21.3. The van der Waals surface area contributed by atoms with Gasteiger partial charge in [0.1, 0.15) is 11.2 Å². The first-order valence-corrected chi connectivity index (χ1v) is 15.3. The van der Waals surface area contributed by atoms with Crippen LogP contribution in [0.3, 0.4) is 0 Å². The summed E-state index contributed by atoms with van der Waals surface area (Å²) in [6.45, 7) is 0. The van der Waals surface area contributed by atoms with Crippen LogP contribution in [0.2, 0.25) is 0 Å². The lowest BCUT2D eigenvalue weighted by atomic mass is 10.0. The molecular weight excluding hydrogens is 543 g/mol. The van der Waals surface area contributed by atoms with Crippen LogP contribution in [-0.2, 0) is 0 Å². The summed E-state index contributed by atoms with van der Waals surface area (Å²) in [5.74, 6) is 0. The van der Waals surface area contributed by atoms with Crippen LogP contribution in [0.5, 0.6) is 0 Å². The number of fused-ring (bicyclic) bond motifs is 8. The van der Waals surface area contributed by atoms with Crippen LogP contribution in [0.25, 0.3) is 64.0 Å². The summed E-state index contributed by atoms with van der Waals surface area (Å²) in [5.41, 5.74) is 7.66. The van der Waals surface area contributed by atoms with Gasteiger partial charge < -0.3 is 9.32 Å².